The van der Waals surface area contributed by atoms with E-state index in [4.69, 9.17) is 10.7 Å². The second-order valence-corrected chi connectivity index (χ2v) is 7.43. The van der Waals surface area contributed by atoms with Gasteiger partial charge in [-0.15, -0.1) is 0 Å². The zero-order chi connectivity index (χ0) is 20.6. The highest BCUT2D eigenvalue weighted by Gasteiger charge is 2.39. The molecule has 1 aromatic heterocycles. The highest BCUT2D eigenvalue weighted by molar-refractivity contribution is 5.95. The van der Waals surface area contributed by atoms with Gasteiger partial charge in [-0.1, -0.05) is 91.0 Å². The van der Waals surface area contributed by atoms with E-state index in [9.17, 15) is 4.79 Å². The molecular weight excluding hydrogens is 368 g/mol. The van der Waals surface area contributed by atoms with E-state index in [1.807, 2.05) is 84.9 Å². The van der Waals surface area contributed by atoms with Crippen LogP contribution in [0.4, 0.5) is 5.69 Å². The summed E-state index contributed by atoms with van der Waals surface area (Å²) in [4.78, 5) is 17.9. The summed E-state index contributed by atoms with van der Waals surface area (Å²) >= 11 is 0. The van der Waals surface area contributed by atoms with Gasteiger partial charge >= 0.3 is 0 Å². The van der Waals surface area contributed by atoms with Crippen molar-refractivity contribution in [1.29, 1.82) is 0 Å². The number of aldehydes is 1. The summed E-state index contributed by atoms with van der Waals surface area (Å²) in [5, 5.41) is 3.06. The number of para-hydroxylation sites is 1. The van der Waals surface area contributed by atoms with Gasteiger partial charge in [0.25, 0.3) is 0 Å². The van der Waals surface area contributed by atoms with E-state index < -0.39 is 5.41 Å². The largest absolute Gasteiger partial charge is 0.397 e. The summed E-state index contributed by atoms with van der Waals surface area (Å²) < 4.78 is 0. The second kappa shape index (κ2) is 7.12. The van der Waals surface area contributed by atoms with Crippen molar-refractivity contribution >= 4 is 33.6 Å². The Labute approximate surface area is 174 Å². The molecule has 1 atom stereocenters. The number of rotatable bonds is 4. The molecule has 0 spiro atoms. The number of aromatic nitrogens is 1. The molecule has 0 aliphatic rings. The Morgan fingerprint density at radius 3 is 2.23 bits per heavy atom. The molecule has 5 rings (SSSR count). The smallest absolute Gasteiger partial charge is 0.141 e. The molecule has 5 aromatic rings. The highest BCUT2D eigenvalue weighted by Crippen LogP contribution is 2.40. The first kappa shape index (κ1) is 18.1. The van der Waals surface area contributed by atoms with Crippen LogP contribution >= 0.6 is 0 Å². The van der Waals surface area contributed by atoms with Gasteiger partial charge < -0.3 is 10.5 Å². The molecule has 4 aromatic carbocycles. The lowest BCUT2D eigenvalue weighted by molar-refractivity contribution is -0.110. The fourth-order valence-corrected chi connectivity index (χ4v) is 4.29. The van der Waals surface area contributed by atoms with Crippen molar-refractivity contribution in [1.82, 2.24) is 4.98 Å². The van der Waals surface area contributed by atoms with Crippen LogP contribution in [-0.4, -0.2) is 11.3 Å². The van der Waals surface area contributed by atoms with Crippen LogP contribution in [0.1, 0.15) is 16.8 Å². The summed E-state index contributed by atoms with van der Waals surface area (Å²) in [7, 11) is 0. The molecule has 0 saturated carbocycles. The van der Waals surface area contributed by atoms with Crippen LogP contribution in [0.15, 0.2) is 103 Å². The molecule has 0 radical (unpaired) electrons. The molecule has 0 saturated heterocycles. The van der Waals surface area contributed by atoms with Gasteiger partial charge in [-0.2, -0.15) is 0 Å². The van der Waals surface area contributed by atoms with Crippen molar-refractivity contribution in [2.45, 2.75) is 5.41 Å². The van der Waals surface area contributed by atoms with Crippen LogP contribution < -0.4 is 5.73 Å². The number of benzene rings is 4. The van der Waals surface area contributed by atoms with E-state index in [1.54, 1.807) is 0 Å². The maximum absolute atomic E-state index is 13.0. The van der Waals surface area contributed by atoms with Gasteiger partial charge in [0.2, 0.25) is 0 Å². The monoisotopic (exact) mass is 388 g/mol. The van der Waals surface area contributed by atoms with Crippen LogP contribution in [0.3, 0.4) is 0 Å². The summed E-state index contributed by atoms with van der Waals surface area (Å²) in [6.07, 6.45) is 1.01. The average molecular weight is 388 g/mol. The number of nitrogen functional groups attached to an aromatic ring is 1. The summed E-state index contributed by atoms with van der Waals surface area (Å²) in [6.45, 7) is 0. The van der Waals surface area contributed by atoms with Crippen molar-refractivity contribution in [2.75, 3.05) is 5.73 Å². The molecule has 3 nitrogen and oxygen atoms in total. The number of hydrogen-bond acceptors (Lipinski definition) is 3. The van der Waals surface area contributed by atoms with E-state index in [0.717, 1.165) is 33.6 Å². The Bertz CT molecular complexity index is 1370. The maximum Gasteiger partial charge on any atom is 0.141 e. The van der Waals surface area contributed by atoms with E-state index in [-0.39, 0.29) is 0 Å². The Morgan fingerprint density at radius 1 is 0.700 bits per heavy atom. The van der Waals surface area contributed by atoms with Gasteiger partial charge in [-0.3, -0.25) is 0 Å². The van der Waals surface area contributed by atoms with Gasteiger partial charge in [-0.25, -0.2) is 4.98 Å². The molecule has 1 unspecified atom stereocenters. The molecule has 0 bridgehead atoms. The van der Waals surface area contributed by atoms with Crippen molar-refractivity contribution in [3.05, 3.63) is 120 Å². The minimum atomic E-state index is -1.06. The van der Waals surface area contributed by atoms with Crippen LogP contribution in [-0.2, 0) is 10.2 Å². The predicted molar refractivity (Wildman–Crippen MR) is 122 cm³/mol. The summed E-state index contributed by atoms with van der Waals surface area (Å²) in [5.41, 5.74) is 8.91. The van der Waals surface area contributed by atoms with Crippen molar-refractivity contribution in [3.63, 3.8) is 0 Å². The van der Waals surface area contributed by atoms with Crippen LogP contribution in [0, 0.1) is 0 Å². The zero-order valence-corrected chi connectivity index (χ0v) is 16.3. The molecule has 30 heavy (non-hydrogen) atoms. The van der Waals surface area contributed by atoms with Crippen LogP contribution in [0.25, 0.3) is 21.7 Å². The number of hydrogen-bond donors (Lipinski definition) is 1. The number of carbonyl (C=O) groups is 1. The second-order valence-electron chi connectivity index (χ2n) is 7.43. The van der Waals surface area contributed by atoms with Gasteiger partial charge in [0.05, 0.1) is 16.9 Å². The summed E-state index contributed by atoms with van der Waals surface area (Å²) in [6, 6.07) is 33.7. The number of anilines is 1. The van der Waals surface area contributed by atoms with Crippen molar-refractivity contribution in [3.8, 4) is 0 Å². The fraction of sp³-hybridized carbons (Fsp3) is 0.0370. The topological polar surface area (TPSA) is 56.0 Å². The van der Waals surface area contributed by atoms with E-state index in [2.05, 4.69) is 18.2 Å². The molecule has 1 heterocycles. The SMILES string of the molecule is Nc1cccc2ccc(C(C=O)(c3ccccc3)c3cccc4ccccc34)nc12. The van der Waals surface area contributed by atoms with Gasteiger partial charge in [0, 0.05) is 5.39 Å². The molecule has 144 valence electrons. The Kier molecular flexibility index (Phi) is 4.29. The first-order valence-electron chi connectivity index (χ1n) is 9.90. The maximum atomic E-state index is 13.0. The predicted octanol–water partition coefficient (Wildman–Crippen LogP) is 5.50. The normalized spacial score (nSPS) is 13.2. The number of nitrogens with zero attached hydrogens (tertiary/aromatic N) is 1. The molecule has 0 aliphatic carbocycles. The van der Waals surface area contributed by atoms with Crippen LogP contribution in [0.5, 0.6) is 0 Å². The Morgan fingerprint density at radius 2 is 1.40 bits per heavy atom. The molecule has 2 N–H and O–H groups in total. The molecular formula is C27H20N2O. The summed E-state index contributed by atoms with van der Waals surface area (Å²) in [5.74, 6) is 0. The van der Waals surface area contributed by atoms with Crippen molar-refractivity contribution < 1.29 is 4.79 Å². The first-order chi connectivity index (χ1) is 14.7. The lowest BCUT2D eigenvalue weighted by Crippen LogP contribution is -2.32. The standard InChI is InChI=1S/C27H20N2O/c28-24-15-7-10-20-16-17-25(29-26(20)24)27(18-30,21-11-2-1-3-12-21)23-14-6-9-19-8-4-5-13-22(19)23/h1-18H,28H2. The van der Waals surface area contributed by atoms with Gasteiger partial charge in [-0.05, 0) is 34.0 Å². The Hall–Kier alpha value is -3.98. The minimum Gasteiger partial charge on any atom is -0.397 e. The fourth-order valence-electron chi connectivity index (χ4n) is 4.29. The average Bonchev–Trinajstić information content (AvgIpc) is 2.81. The molecule has 0 amide bonds. The third kappa shape index (κ3) is 2.67. The van der Waals surface area contributed by atoms with E-state index >= 15 is 0 Å². The Balaban J connectivity index is 1.91. The van der Waals surface area contributed by atoms with Gasteiger partial charge in [0.1, 0.15) is 11.7 Å². The minimum absolute atomic E-state index is 0.597. The first-order valence-corrected chi connectivity index (χ1v) is 9.90. The zero-order valence-electron chi connectivity index (χ0n) is 16.3. The number of carbonyl (C=O) groups excluding carboxylic acids is 1. The highest BCUT2D eigenvalue weighted by atomic mass is 16.1. The molecule has 0 aliphatic heterocycles. The van der Waals surface area contributed by atoms with E-state index in [0.29, 0.717) is 16.9 Å². The lowest BCUT2D eigenvalue weighted by atomic mass is 9.71. The number of fused-ring (bicyclic) bond motifs is 2. The molecule has 3 heteroatoms. The van der Waals surface area contributed by atoms with E-state index in [1.165, 1.54) is 0 Å². The van der Waals surface area contributed by atoms with Gasteiger partial charge in [0.15, 0.2) is 0 Å². The number of pyridine rings is 1. The quantitative estimate of drug-likeness (QED) is 0.326. The molecule has 0 fully saturated rings. The number of nitrogens with two attached hydrogens (primary N) is 1. The third-order valence-electron chi connectivity index (χ3n) is 5.78. The third-order valence-corrected chi connectivity index (χ3v) is 5.78. The van der Waals surface area contributed by atoms with Crippen LogP contribution in [0.2, 0.25) is 0 Å². The van der Waals surface area contributed by atoms with Crippen molar-refractivity contribution in [2.24, 2.45) is 0 Å². The lowest BCUT2D eigenvalue weighted by Gasteiger charge is -2.30.